The first kappa shape index (κ1) is 16.8. The Morgan fingerprint density at radius 3 is 2.52 bits per heavy atom. The Morgan fingerprint density at radius 2 is 1.84 bits per heavy atom. The van der Waals surface area contributed by atoms with Crippen LogP contribution >= 0.6 is 0 Å². The van der Waals surface area contributed by atoms with Gasteiger partial charge in [-0.25, -0.2) is 10.3 Å². The molecule has 7 nitrogen and oxygen atoms in total. The first-order valence-corrected chi connectivity index (χ1v) is 7.86. The van der Waals surface area contributed by atoms with E-state index in [1.807, 2.05) is 47.5 Å². The van der Waals surface area contributed by atoms with E-state index in [9.17, 15) is 4.79 Å². The topological polar surface area (TPSA) is 66.4 Å². The fourth-order valence-electron chi connectivity index (χ4n) is 2.43. The lowest BCUT2D eigenvalue weighted by Gasteiger charge is -2.26. The molecule has 2 aromatic rings. The third kappa shape index (κ3) is 4.07. The average molecular weight is 340 g/mol. The Balaban J connectivity index is 1.70. The number of hydrazone groups is 1. The van der Waals surface area contributed by atoms with Gasteiger partial charge in [-0.15, -0.1) is 10.2 Å². The Bertz CT molecular complexity index is 747. The molecule has 130 valence electrons. The molecule has 1 aliphatic rings. The zero-order chi connectivity index (χ0) is 17.6. The van der Waals surface area contributed by atoms with Gasteiger partial charge >= 0.3 is 5.97 Å². The van der Waals surface area contributed by atoms with E-state index in [0.717, 1.165) is 11.4 Å². The Morgan fingerprint density at radius 1 is 1.12 bits per heavy atom. The van der Waals surface area contributed by atoms with Gasteiger partial charge in [0.25, 0.3) is 0 Å². The van der Waals surface area contributed by atoms with Crippen LogP contribution in [0.2, 0.25) is 0 Å². The van der Waals surface area contributed by atoms with E-state index < -0.39 is 5.97 Å². The van der Waals surface area contributed by atoms with Crippen molar-refractivity contribution in [1.29, 1.82) is 0 Å². The molecule has 0 saturated carbocycles. The number of methoxy groups -OCH3 is 1. The molecule has 0 bridgehead atoms. The maximum absolute atomic E-state index is 11.1. The van der Waals surface area contributed by atoms with Crippen LogP contribution in [0, 0.1) is 0 Å². The number of carbonyl (C=O) groups is 1. The second-order valence-electron chi connectivity index (χ2n) is 5.49. The minimum atomic E-state index is -0.413. The van der Waals surface area contributed by atoms with Gasteiger partial charge in [-0.3, -0.25) is 5.01 Å². The minimum absolute atomic E-state index is 0.110. The van der Waals surface area contributed by atoms with E-state index in [1.165, 1.54) is 12.7 Å². The maximum atomic E-state index is 11.1. The first-order valence-electron chi connectivity index (χ1n) is 7.86. The minimum Gasteiger partial charge on any atom is -0.482 e. The van der Waals surface area contributed by atoms with Gasteiger partial charge in [0.05, 0.1) is 13.7 Å². The molecular weight excluding hydrogens is 320 g/mol. The lowest BCUT2D eigenvalue weighted by atomic mass is 10.1. The second kappa shape index (κ2) is 7.67. The predicted octanol–water partition coefficient (Wildman–Crippen LogP) is 1.77. The van der Waals surface area contributed by atoms with Gasteiger partial charge in [0.2, 0.25) is 0 Å². The van der Waals surface area contributed by atoms with E-state index in [4.69, 9.17) is 4.74 Å². The molecule has 0 aromatic heterocycles. The number of hydrogen-bond donors (Lipinski definition) is 1. The summed E-state index contributed by atoms with van der Waals surface area (Å²) in [4.78, 5) is 11.1. The zero-order valence-electron chi connectivity index (χ0n) is 14.2. The standard InChI is InChI=1S/C18H20N4O3/c1-21-20-19-18(22(21)12-14-6-4-3-5-7-14)15-8-10-16(11-9-15)25-13-17(23)24-2/h3-11,20H,12-13H2,1-2H3. The van der Waals surface area contributed by atoms with Gasteiger partial charge in [0.1, 0.15) is 5.75 Å². The van der Waals surface area contributed by atoms with Crippen LogP contribution in [0.1, 0.15) is 11.1 Å². The molecule has 1 aliphatic heterocycles. The smallest absolute Gasteiger partial charge is 0.343 e. The molecule has 1 N–H and O–H groups in total. The van der Waals surface area contributed by atoms with E-state index in [-0.39, 0.29) is 6.61 Å². The quantitative estimate of drug-likeness (QED) is 0.809. The number of nitrogens with zero attached hydrogens (tertiary/aromatic N) is 3. The van der Waals surface area contributed by atoms with Gasteiger partial charge in [0, 0.05) is 12.6 Å². The highest BCUT2D eigenvalue weighted by atomic mass is 16.6. The van der Waals surface area contributed by atoms with Crippen molar-refractivity contribution in [2.24, 2.45) is 5.10 Å². The third-order valence-corrected chi connectivity index (χ3v) is 3.78. The van der Waals surface area contributed by atoms with Crippen LogP contribution in [0.5, 0.6) is 5.75 Å². The van der Waals surface area contributed by atoms with Crippen molar-refractivity contribution in [3.63, 3.8) is 0 Å². The molecule has 0 aliphatic carbocycles. The number of ether oxygens (including phenoxy) is 2. The summed E-state index contributed by atoms with van der Waals surface area (Å²) >= 11 is 0. The summed E-state index contributed by atoms with van der Waals surface area (Å²) in [5, 5.41) is 8.26. The summed E-state index contributed by atoms with van der Waals surface area (Å²) in [6.45, 7) is 0.588. The summed E-state index contributed by atoms with van der Waals surface area (Å²) in [7, 11) is 3.24. The predicted molar refractivity (Wildman–Crippen MR) is 93.4 cm³/mol. The summed E-state index contributed by atoms with van der Waals surface area (Å²) < 4.78 is 9.92. The van der Waals surface area contributed by atoms with Crippen LogP contribution in [0.4, 0.5) is 0 Å². The molecule has 1 heterocycles. The van der Waals surface area contributed by atoms with Gasteiger partial charge in [-0.05, 0) is 29.8 Å². The van der Waals surface area contributed by atoms with Crippen LogP contribution in [-0.2, 0) is 16.1 Å². The Kier molecular flexibility index (Phi) is 5.15. The molecule has 0 radical (unpaired) electrons. The van der Waals surface area contributed by atoms with Crippen LogP contribution in [0.25, 0.3) is 0 Å². The number of hydrogen-bond acceptors (Lipinski definition) is 7. The van der Waals surface area contributed by atoms with Gasteiger partial charge in [-0.2, -0.15) is 0 Å². The largest absolute Gasteiger partial charge is 0.482 e. The van der Waals surface area contributed by atoms with Gasteiger partial charge in [-0.1, -0.05) is 30.3 Å². The summed E-state index contributed by atoms with van der Waals surface area (Å²) in [6.07, 6.45) is 0. The monoisotopic (exact) mass is 340 g/mol. The molecule has 0 spiro atoms. The molecule has 0 unspecified atom stereocenters. The van der Waals surface area contributed by atoms with Gasteiger partial charge in [0.15, 0.2) is 12.4 Å². The summed E-state index contributed by atoms with van der Waals surface area (Å²) in [5.74, 6) is 0.999. The van der Waals surface area contributed by atoms with Crippen molar-refractivity contribution in [2.75, 3.05) is 20.8 Å². The highest BCUT2D eigenvalue weighted by Gasteiger charge is 2.24. The molecule has 3 rings (SSSR count). The SMILES string of the molecule is COC(=O)COc1ccc(C2=NNN(C)N2Cc2ccccc2)cc1. The lowest BCUT2D eigenvalue weighted by Crippen LogP contribution is -2.42. The number of benzene rings is 2. The molecular formula is C18H20N4O3. The van der Waals surface area contributed by atoms with E-state index in [2.05, 4.69) is 27.5 Å². The van der Waals surface area contributed by atoms with E-state index >= 15 is 0 Å². The van der Waals surface area contributed by atoms with Crippen molar-refractivity contribution < 1.29 is 14.3 Å². The molecule has 25 heavy (non-hydrogen) atoms. The van der Waals surface area contributed by atoms with Crippen molar-refractivity contribution in [2.45, 2.75) is 6.54 Å². The number of esters is 1. The number of hydrazine groups is 2. The fraction of sp³-hybridized carbons (Fsp3) is 0.222. The zero-order valence-corrected chi connectivity index (χ0v) is 14.2. The van der Waals surface area contributed by atoms with E-state index in [0.29, 0.717) is 12.3 Å². The van der Waals surface area contributed by atoms with Crippen LogP contribution in [0.3, 0.4) is 0 Å². The first-order chi connectivity index (χ1) is 12.2. The summed E-state index contributed by atoms with van der Waals surface area (Å²) in [6, 6.07) is 17.6. The molecule has 0 fully saturated rings. The lowest BCUT2D eigenvalue weighted by molar-refractivity contribution is -0.142. The number of rotatable bonds is 6. The number of nitrogens with one attached hydrogen (secondary N) is 1. The highest BCUT2D eigenvalue weighted by molar-refractivity contribution is 5.99. The van der Waals surface area contributed by atoms with E-state index in [1.54, 1.807) is 12.1 Å². The molecule has 2 aromatic carbocycles. The van der Waals surface area contributed by atoms with Crippen LogP contribution in [0.15, 0.2) is 59.7 Å². The molecule has 0 saturated heterocycles. The third-order valence-electron chi connectivity index (χ3n) is 3.78. The fourth-order valence-corrected chi connectivity index (χ4v) is 2.43. The van der Waals surface area contributed by atoms with Crippen LogP contribution < -0.4 is 10.3 Å². The normalized spacial score (nSPS) is 14.0. The maximum Gasteiger partial charge on any atom is 0.343 e. The Hall–Kier alpha value is -3.06. The van der Waals surface area contributed by atoms with Crippen molar-refractivity contribution in [3.8, 4) is 5.75 Å². The second-order valence-corrected chi connectivity index (χ2v) is 5.49. The molecule has 7 heteroatoms. The number of amidine groups is 1. The van der Waals surface area contributed by atoms with Crippen molar-refractivity contribution in [3.05, 3.63) is 65.7 Å². The molecule has 0 amide bonds. The number of carbonyl (C=O) groups excluding carboxylic acids is 1. The van der Waals surface area contributed by atoms with Crippen LogP contribution in [-0.4, -0.2) is 42.7 Å². The molecule has 0 atom stereocenters. The van der Waals surface area contributed by atoms with Gasteiger partial charge < -0.3 is 9.47 Å². The summed E-state index contributed by atoms with van der Waals surface area (Å²) in [5.41, 5.74) is 5.08. The van der Waals surface area contributed by atoms with Crippen molar-refractivity contribution in [1.82, 2.24) is 15.7 Å². The van der Waals surface area contributed by atoms with Crippen molar-refractivity contribution >= 4 is 11.8 Å². The Labute approximate surface area is 146 Å². The highest BCUT2D eigenvalue weighted by Crippen LogP contribution is 2.18. The average Bonchev–Trinajstić information content (AvgIpc) is 3.01.